The Morgan fingerprint density at radius 1 is 0.909 bits per heavy atom. The average Bonchev–Trinajstić information content (AvgIpc) is 3.19. The van der Waals surface area contributed by atoms with Gasteiger partial charge in [-0.3, -0.25) is 0 Å². The molecule has 0 amide bonds. The topological polar surface area (TPSA) is 12.0 Å². The molecule has 0 bridgehead atoms. The Morgan fingerprint density at radius 2 is 1.64 bits per heavy atom. The van der Waals surface area contributed by atoms with Crippen LogP contribution in [0.2, 0.25) is 0 Å². The third-order valence-electron chi connectivity index (χ3n) is 4.27. The molecule has 2 aromatic heterocycles. The van der Waals surface area contributed by atoms with Gasteiger partial charge in [0.15, 0.2) is 0 Å². The monoisotopic (exact) mass is 335 g/mol. The molecular weight excluding hydrogens is 306 g/mol. The summed E-state index contributed by atoms with van der Waals surface area (Å²) in [7, 11) is 1.99. The second kappa shape index (κ2) is 9.36. The molecule has 1 nitrogen and oxygen atoms in total. The Kier molecular flexibility index (Phi) is 7.47. The van der Waals surface area contributed by atoms with E-state index in [4.69, 9.17) is 0 Å². The van der Waals surface area contributed by atoms with Crippen LogP contribution in [0.1, 0.15) is 69.6 Å². The molecule has 0 aliphatic rings. The molecule has 0 aliphatic heterocycles. The Morgan fingerprint density at radius 3 is 2.32 bits per heavy atom. The van der Waals surface area contributed by atoms with E-state index in [-0.39, 0.29) is 0 Å². The van der Waals surface area contributed by atoms with E-state index in [1.807, 2.05) is 29.7 Å². The zero-order valence-corrected chi connectivity index (χ0v) is 15.8. The summed E-state index contributed by atoms with van der Waals surface area (Å²) in [5.74, 6) is 0.754. The molecule has 22 heavy (non-hydrogen) atoms. The standard InChI is InChI=1S/C19H29NS2/c1-4-6-7-8-9-10-15(5-2)16-11-12-17(21-16)18-13-14-19(20-3)22-18/h11-15,20H,4-10H2,1-3H3. The third-order valence-corrected chi connectivity index (χ3v) is 6.82. The van der Waals surface area contributed by atoms with Crippen molar-refractivity contribution >= 4 is 27.7 Å². The van der Waals surface area contributed by atoms with Crippen LogP contribution in [0.15, 0.2) is 24.3 Å². The fourth-order valence-electron chi connectivity index (χ4n) is 2.85. The lowest BCUT2D eigenvalue weighted by molar-refractivity contribution is 0.540. The van der Waals surface area contributed by atoms with Crippen molar-refractivity contribution in [3.8, 4) is 9.75 Å². The first-order chi connectivity index (χ1) is 10.8. The van der Waals surface area contributed by atoms with Crippen molar-refractivity contribution in [1.82, 2.24) is 0 Å². The van der Waals surface area contributed by atoms with Gasteiger partial charge in [-0.25, -0.2) is 0 Å². The van der Waals surface area contributed by atoms with Crippen LogP contribution in [-0.4, -0.2) is 7.05 Å². The van der Waals surface area contributed by atoms with Gasteiger partial charge in [0.1, 0.15) is 0 Å². The molecule has 0 fully saturated rings. The number of thiophene rings is 2. The minimum atomic E-state index is 0.754. The van der Waals surface area contributed by atoms with Crippen molar-refractivity contribution in [2.75, 3.05) is 12.4 Å². The number of unbranched alkanes of at least 4 members (excludes halogenated alkanes) is 4. The smallest absolute Gasteiger partial charge is 0.0886 e. The molecular formula is C19H29NS2. The van der Waals surface area contributed by atoms with Crippen LogP contribution in [0.5, 0.6) is 0 Å². The molecule has 2 rings (SSSR count). The highest BCUT2D eigenvalue weighted by Crippen LogP contribution is 2.39. The van der Waals surface area contributed by atoms with Gasteiger partial charge in [0.25, 0.3) is 0 Å². The maximum absolute atomic E-state index is 3.23. The lowest BCUT2D eigenvalue weighted by atomic mass is 9.96. The summed E-state index contributed by atoms with van der Waals surface area (Å²) < 4.78 is 0. The van der Waals surface area contributed by atoms with Crippen molar-refractivity contribution in [2.45, 2.75) is 64.7 Å². The summed E-state index contributed by atoms with van der Waals surface area (Å²) in [6.45, 7) is 4.62. The summed E-state index contributed by atoms with van der Waals surface area (Å²) in [4.78, 5) is 4.39. The minimum absolute atomic E-state index is 0.754. The van der Waals surface area contributed by atoms with E-state index < -0.39 is 0 Å². The largest absolute Gasteiger partial charge is 0.380 e. The lowest BCUT2D eigenvalue weighted by Gasteiger charge is -2.12. The predicted octanol–water partition coefficient (Wildman–Crippen LogP) is 7.37. The molecule has 2 heterocycles. The van der Waals surface area contributed by atoms with Crippen LogP contribution in [0.25, 0.3) is 9.75 Å². The van der Waals surface area contributed by atoms with Gasteiger partial charge < -0.3 is 5.32 Å². The predicted molar refractivity (Wildman–Crippen MR) is 104 cm³/mol. The van der Waals surface area contributed by atoms with Crippen molar-refractivity contribution in [1.29, 1.82) is 0 Å². The first-order valence-corrected chi connectivity index (χ1v) is 10.3. The SMILES string of the molecule is CCCCCCCC(CC)c1ccc(-c2ccc(NC)s2)s1. The highest BCUT2D eigenvalue weighted by molar-refractivity contribution is 7.24. The summed E-state index contributed by atoms with van der Waals surface area (Å²) in [6, 6.07) is 9.08. The summed E-state index contributed by atoms with van der Waals surface area (Å²) in [5.41, 5.74) is 0. The molecule has 2 aromatic rings. The van der Waals surface area contributed by atoms with E-state index >= 15 is 0 Å². The maximum atomic E-state index is 3.23. The Hall–Kier alpha value is -0.800. The molecule has 1 N–H and O–H groups in total. The highest BCUT2D eigenvalue weighted by Gasteiger charge is 2.13. The molecule has 1 unspecified atom stereocenters. The van der Waals surface area contributed by atoms with Crippen molar-refractivity contribution < 1.29 is 0 Å². The van der Waals surface area contributed by atoms with Gasteiger partial charge in [-0.2, -0.15) is 0 Å². The molecule has 3 heteroatoms. The van der Waals surface area contributed by atoms with Crippen molar-refractivity contribution in [3.63, 3.8) is 0 Å². The number of anilines is 1. The number of hydrogen-bond acceptors (Lipinski definition) is 3. The number of rotatable bonds is 10. The van der Waals surface area contributed by atoms with Crippen molar-refractivity contribution in [2.24, 2.45) is 0 Å². The van der Waals surface area contributed by atoms with Gasteiger partial charge in [-0.05, 0) is 43.0 Å². The molecule has 0 radical (unpaired) electrons. The Labute approximate surface area is 143 Å². The maximum Gasteiger partial charge on any atom is 0.0886 e. The number of nitrogens with one attached hydrogen (secondary N) is 1. The van der Waals surface area contributed by atoms with Crippen LogP contribution in [0.4, 0.5) is 5.00 Å². The fraction of sp³-hybridized carbons (Fsp3) is 0.579. The van der Waals surface area contributed by atoms with E-state index in [2.05, 4.69) is 43.4 Å². The summed E-state index contributed by atoms with van der Waals surface area (Å²) in [6.07, 6.45) is 9.54. The molecule has 1 atom stereocenters. The van der Waals surface area contributed by atoms with E-state index in [1.165, 1.54) is 59.7 Å². The molecule has 0 saturated heterocycles. The zero-order valence-electron chi connectivity index (χ0n) is 14.2. The first-order valence-electron chi connectivity index (χ1n) is 8.66. The molecule has 0 aliphatic carbocycles. The molecule has 0 saturated carbocycles. The van der Waals surface area contributed by atoms with E-state index in [0.717, 1.165) is 5.92 Å². The second-order valence-corrected chi connectivity index (χ2v) is 8.12. The van der Waals surface area contributed by atoms with E-state index in [1.54, 1.807) is 4.88 Å². The summed E-state index contributed by atoms with van der Waals surface area (Å²) >= 11 is 3.84. The first kappa shape index (κ1) is 17.6. The minimum Gasteiger partial charge on any atom is -0.380 e. The fourth-order valence-corrected chi connectivity index (χ4v) is 5.03. The quantitative estimate of drug-likeness (QED) is 0.447. The summed E-state index contributed by atoms with van der Waals surface area (Å²) in [5, 5.41) is 4.47. The van der Waals surface area contributed by atoms with Gasteiger partial charge in [-0.1, -0.05) is 46.0 Å². The molecule has 0 aromatic carbocycles. The third kappa shape index (κ3) is 4.85. The van der Waals surface area contributed by atoms with E-state index in [9.17, 15) is 0 Å². The number of hydrogen-bond donors (Lipinski definition) is 1. The molecule has 122 valence electrons. The van der Waals surface area contributed by atoms with Gasteiger partial charge in [-0.15, -0.1) is 22.7 Å². The van der Waals surface area contributed by atoms with E-state index in [0.29, 0.717) is 0 Å². The Balaban J connectivity index is 1.93. The van der Waals surface area contributed by atoms with Crippen LogP contribution in [0, 0.1) is 0 Å². The van der Waals surface area contributed by atoms with Gasteiger partial charge in [0.05, 0.1) is 5.00 Å². The van der Waals surface area contributed by atoms with Crippen LogP contribution >= 0.6 is 22.7 Å². The Bertz CT molecular complexity index is 541. The van der Waals surface area contributed by atoms with Gasteiger partial charge >= 0.3 is 0 Å². The normalized spacial score (nSPS) is 12.5. The van der Waals surface area contributed by atoms with Crippen molar-refractivity contribution in [3.05, 3.63) is 29.1 Å². The second-order valence-electron chi connectivity index (χ2n) is 5.92. The molecule has 0 spiro atoms. The lowest BCUT2D eigenvalue weighted by Crippen LogP contribution is -1.94. The average molecular weight is 336 g/mol. The zero-order chi connectivity index (χ0) is 15.8. The van der Waals surface area contributed by atoms with Gasteiger partial charge in [0, 0.05) is 21.7 Å². The van der Waals surface area contributed by atoms with Crippen LogP contribution in [-0.2, 0) is 0 Å². The van der Waals surface area contributed by atoms with Crippen LogP contribution in [0.3, 0.4) is 0 Å². The van der Waals surface area contributed by atoms with Crippen LogP contribution < -0.4 is 5.32 Å². The highest BCUT2D eigenvalue weighted by atomic mass is 32.1. The van der Waals surface area contributed by atoms with Gasteiger partial charge in [0.2, 0.25) is 0 Å².